The maximum Gasteiger partial charge on any atom is 0.269 e. The van der Waals surface area contributed by atoms with Gasteiger partial charge in [0.2, 0.25) is 0 Å². The highest BCUT2D eigenvalue weighted by Gasteiger charge is 2.12. The molecule has 0 unspecified atom stereocenters. The van der Waals surface area contributed by atoms with E-state index in [9.17, 15) is 4.79 Å². The molecule has 3 aromatic rings. The molecule has 7 heteroatoms. The van der Waals surface area contributed by atoms with Crippen molar-refractivity contribution >= 4 is 34.1 Å². The minimum Gasteiger partial charge on any atom is -0.495 e. The number of nitrogens with one attached hydrogen (secondary N) is 2. The summed E-state index contributed by atoms with van der Waals surface area (Å²) in [6, 6.07) is 17.3. The third-order valence-electron chi connectivity index (χ3n) is 4.71. The van der Waals surface area contributed by atoms with E-state index in [0.29, 0.717) is 35.8 Å². The molecule has 1 heterocycles. The third-order valence-corrected chi connectivity index (χ3v) is 5.32. The largest absolute Gasteiger partial charge is 0.495 e. The summed E-state index contributed by atoms with van der Waals surface area (Å²) >= 11 is 1.68. The van der Waals surface area contributed by atoms with Gasteiger partial charge in [-0.2, -0.15) is 17.0 Å². The first kappa shape index (κ1) is 22.2. The molecule has 3 rings (SSSR count). The molecule has 0 saturated carbocycles. The van der Waals surface area contributed by atoms with Gasteiger partial charge in [-0.05, 0) is 35.9 Å². The lowest BCUT2D eigenvalue weighted by atomic mass is 10.0. The van der Waals surface area contributed by atoms with Crippen LogP contribution in [0.5, 0.6) is 5.75 Å². The second-order valence-electron chi connectivity index (χ2n) is 6.80. The summed E-state index contributed by atoms with van der Waals surface area (Å²) in [5, 5.41) is 17.1. The summed E-state index contributed by atoms with van der Waals surface area (Å²) in [6.07, 6.45) is 2.00. The molecule has 6 nitrogen and oxygen atoms in total. The lowest BCUT2D eigenvalue weighted by Crippen LogP contribution is -2.26. The molecule has 0 aliphatic rings. The number of anilines is 1. The minimum atomic E-state index is -0.185. The SMILES string of the molecule is C=C(C#N)CNc1c(OC)ccc2ccc(-c3cccc(C(=O)NCCSC)n3)cc12. The first-order valence-electron chi connectivity index (χ1n) is 9.74. The van der Waals surface area contributed by atoms with Crippen molar-refractivity contribution in [1.82, 2.24) is 10.3 Å². The monoisotopic (exact) mass is 432 g/mol. The Bertz CT molecular complexity index is 1150. The van der Waals surface area contributed by atoms with E-state index in [2.05, 4.69) is 22.2 Å². The Morgan fingerprint density at radius 1 is 1.26 bits per heavy atom. The van der Waals surface area contributed by atoms with Gasteiger partial charge in [0, 0.05) is 35.4 Å². The van der Waals surface area contributed by atoms with Crippen molar-refractivity contribution in [2.75, 3.05) is 37.5 Å². The van der Waals surface area contributed by atoms with Gasteiger partial charge in [-0.25, -0.2) is 4.98 Å². The molecular weight excluding hydrogens is 408 g/mol. The summed E-state index contributed by atoms with van der Waals surface area (Å²) in [6.45, 7) is 4.65. The predicted octanol–water partition coefficient (Wildman–Crippen LogP) is 4.49. The molecule has 1 aromatic heterocycles. The zero-order valence-electron chi connectivity index (χ0n) is 17.6. The smallest absolute Gasteiger partial charge is 0.269 e. The standard InChI is InChI=1S/C24H24N4O2S/c1-16(14-25)15-27-23-19-13-18(8-7-17(19)9-10-22(23)30-2)20-5-4-6-21(28-20)24(29)26-11-12-31-3/h4-10,13,27H,1,11-12,15H2,2-3H3,(H,26,29). The second kappa shape index (κ2) is 10.5. The van der Waals surface area contributed by atoms with Crippen molar-refractivity contribution in [2.24, 2.45) is 0 Å². The molecule has 0 fully saturated rings. The van der Waals surface area contributed by atoms with Crippen molar-refractivity contribution in [2.45, 2.75) is 0 Å². The molecule has 1 amide bonds. The molecule has 0 aliphatic carbocycles. The number of hydrogen-bond acceptors (Lipinski definition) is 6. The van der Waals surface area contributed by atoms with Crippen LogP contribution in [0.15, 0.2) is 60.7 Å². The van der Waals surface area contributed by atoms with E-state index in [0.717, 1.165) is 27.8 Å². The molecule has 31 heavy (non-hydrogen) atoms. The summed E-state index contributed by atoms with van der Waals surface area (Å²) < 4.78 is 5.52. The maximum absolute atomic E-state index is 12.4. The van der Waals surface area contributed by atoms with Crippen molar-refractivity contribution in [3.8, 4) is 23.1 Å². The van der Waals surface area contributed by atoms with Gasteiger partial charge in [-0.1, -0.05) is 30.8 Å². The third kappa shape index (κ3) is 5.36. The minimum absolute atomic E-state index is 0.185. The van der Waals surface area contributed by atoms with Crippen LogP contribution in [0, 0.1) is 11.3 Å². The number of thioether (sulfide) groups is 1. The quantitative estimate of drug-likeness (QED) is 0.383. The number of aromatic nitrogens is 1. The van der Waals surface area contributed by atoms with Crippen molar-refractivity contribution in [3.63, 3.8) is 0 Å². The molecule has 2 aromatic carbocycles. The van der Waals surface area contributed by atoms with Crippen molar-refractivity contribution in [3.05, 3.63) is 66.4 Å². The second-order valence-corrected chi connectivity index (χ2v) is 7.79. The Morgan fingerprint density at radius 2 is 2.06 bits per heavy atom. The van der Waals surface area contributed by atoms with Crippen LogP contribution in [0.2, 0.25) is 0 Å². The fourth-order valence-corrected chi connectivity index (χ4v) is 3.43. The van der Waals surface area contributed by atoms with Crippen LogP contribution in [0.1, 0.15) is 10.5 Å². The molecular formula is C24H24N4O2S. The van der Waals surface area contributed by atoms with E-state index in [1.807, 2.05) is 54.8 Å². The average Bonchev–Trinajstić information content (AvgIpc) is 2.81. The lowest BCUT2D eigenvalue weighted by Gasteiger charge is -2.15. The average molecular weight is 433 g/mol. The molecule has 0 radical (unpaired) electrons. The van der Waals surface area contributed by atoms with Gasteiger partial charge in [-0.3, -0.25) is 4.79 Å². The molecule has 158 valence electrons. The predicted molar refractivity (Wildman–Crippen MR) is 128 cm³/mol. The lowest BCUT2D eigenvalue weighted by molar-refractivity contribution is 0.0951. The van der Waals surface area contributed by atoms with Crippen LogP contribution in [-0.4, -0.2) is 43.1 Å². The number of ether oxygens (including phenoxy) is 1. The molecule has 0 spiro atoms. The van der Waals surface area contributed by atoms with Crippen LogP contribution in [0.25, 0.3) is 22.0 Å². The number of carbonyl (C=O) groups is 1. The first-order valence-corrected chi connectivity index (χ1v) is 11.1. The normalized spacial score (nSPS) is 10.4. The van der Waals surface area contributed by atoms with E-state index < -0.39 is 0 Å². The number of methoxy groups -OCH3 is 1. The fourth-order valence-electron chi connectivity index (χ4n) is 3.13. The van der Waals surface area contributed by atoms with E-state index in [4.69, 9.17) is 10.00 Å². The Kier molecular flexibility index (Phi) is 7.52. The van der Waals surface area contributed by atoms with Crippen molar-refractivity contribution < 1.29 is 9.53 Å². The number of benzene rings is 2. The Balaban J connectivity index is 1.98. The molecule has 0 atom stereocenters. The van der Waals surface area contributed by atoms with Crippen LogP contribution >= 0.6 is 11.8 Å². The Morgan fingerprint density at radius 3 is 2.81 bits per heavy atom. The van der Waals surface area contributed by atoms with Crippen LogP contribution in [0.4, 0.5) is 5.69 Å². The number of hydrogen-bond donors (Lipinski definition) is 2. The number of pyridine rings is 1. The van der Waals surface area contributed by atoms with Gasteiger partial charge in [0.05, 0.1) is 24.6 Å². The zero-order valence-corrected chi connectivity index (χ0v) is 18.4. The van der Waals surface area contributed by atoms with Crippen LogP contribution in [0.3, 0.4) is 0 Å². The summed E-state index contributed by atoms with van der Waals surface area (Å²) in [5.41, 5.74) is 3.17. The Labute approximate surface area is 186 Å². The topological polar surface area (TPSA) is 87.0 Å². The summed E-state index contributed by atoms with van der Waals surface area (Å²) in [7, 11) is 1.61. The van der Waals surface area contributed by atoms with Gasteiger partial charge in [0.25, 0.3) is 5.91 Å². The van der Waals surface area contributed by atoms with Gasteiger partial charge < -0.3 is 15.4 Å². The van der Waals surface area contributed by atoms with Crippen LogP contribution in [-0.2, 0) is 0 Å². The number of nitriles is 1. The van der Waals surface area contributed by atoms with Gasteiger partial charge >= 0.3 is 0 Å². The highest BCUT2D eigenvalue weighted by atomic mass is 32.2. The highest BCUT2D eigenvalue weighted by Crippen LogP contribution is 2.35. The highest BCUT2D eigenvalue weighted by molar-refractivity contribution is 7.98. The number of carbonyl (C=O) groups excluding carboxylic acids is 1. The maximum atomic E-state index is 12.4. The van der Waals surface area contributed by atoms with E-state index in [1.54, 1.807) is 24.9 Å². The van der Waals surface area contributed by atoms with Gasteiger partial charge in [0.1, 0.15) is 11.4 Å². The summed E-state index contributed by atoms with van der Waals surface area (Å²) in [4.78, 5) is 16.9. The van der Waals surface area contributed by atoms with Crippen LogP contribution < -0.4 is 15.4 Å². The summed E-state index contributed by atoms with van der Waals surface area (Å²) in [5.74, 6) is 1.34. The van der Waals surface area contributed by atoms with Crippen molar-refractivity contribution in [1.29, 1.82) is 5.26 Å². The van der Waals surface area contributed by atoms with E-state index >= 15 is 0 Å². The van der Waals surface area contributed by atoms with E-state index in [-0.39, 0.29) is 5.91 Å². The zero-order chi connectivity index (χ0) is 22.2. The van der Waals surface area contributed by atoms with E-state index in [1.165, 1.54) is 0 Å². The molecule has 0 aliphatic heterocycles. The fraction of sp³-hybridized carbons (Fsp3) is 0.208. The number of amides is 1. The Hall–Kier alpha value is -3.50. The molecule has 0 bridgehead atoms. The molecule has 2 N–H and O–H groups in total. The number of nitrogens with zero attached hydrogens (tertiary/aromatic N) is 2. The number of fused-ring (bicyclic) bond motifs is 1. The first-order chi connectivity index (χ1) is 15.1. The number of rotatable bonds is 9. The van der Waals surface area contributed by atoms with Gasteiger partial charge in [-0.15, -0.1) is 0 Å². The van der Waals surface area contributed by atoms with Gasteiger partial charge in [0.15, 0.2) is 0 Å². The molecule has 0 saturated heterocycles.